The van der Waals surface area contributed by atoms with Gasteiger partial charge in [0.1, 0.15) is 24.3 Å². The van der Waals surface area contributed by atoms with E-state index in [2.05, 4.69) is 20.4 Å². The van der Waals surface area contributed by atoms with E-state index >= 15 is 0 Å². The number of anilines is 1. The van der Waals surface area contributed by atoms with Gasteiger partial charge < -0.3 is 20.1 Å². The van der Waals surface area contributed by atoms with Crippen LogP contribution in [0, 0.1) is 5.82 Å². The van der Waals surface area contributed by atoms with E-state index in [1.165, 1.54) is 12.1 Å². The maximum Gasteiger partial charge on any atom is 0.151 e. The lowest BCUT2D eigenvalue weighted by Crippen LogP contribution is -2.41. The highest BCUT2D eigenvalue weighted by atomic mass is 19.1. The van der Waals surface area contributed by atoms with Gasteiger partial charge in [-0.05, 0) is 49.2 Å². The minimum atomic E-state index is -0.628. The summed E-state index contributed by atoms with van der Waals surface area (Å²) in [6.45, 7) is 2.34. The van der Waals surface area contributed by atoms with Crippen molar-refractivity contribution in [2.75, 3.05) is 31.1 Å². The van der Waals surface area contributed by atoms with Crippen LogP contribution in [-0.2, 0) is 0 Å². The third-order valence-corrected chi connectivity index (χ3v) is 4.25. The van der Waals surface area contributed by atoms with Crippen molar-refractivity contribution in [2.24, 2.45) is 0 Å². The Morgan fingerprint density at radius 1 is 1.32 bits per heavy atom. The molecule has 2 N–H and O–H groups in total. The van der Waals surface area contributed by atoms with Gasteiger partial charge in [-0.3, -0.25) is 0 Å². The fourth-order valence-corrected chi connectivity index (χ4v) is 2.99. The average molecular weight is 346 g/mol. The number of aliphatic hydroxyl groups excluding tert-OH is 1. The first-order chi connectivity index (χ1) is 12.2. The Balaban J connectivity index is 1.39. The number of ether oxygens (including phenoxy) is 1. The van der Waals surface area contributed by atoms with Gasteiger partial charge in [0, 0.05) is 31.9 Å². The summed E-state index contributed by atoms with van der Waals surface area (Å²) in [7, 11) is 0. The fraction of sp³-hybridized carbons (Fsp3) is 0.444. The van der Waals surface area contributed by atoms with Crippen LogP contribution in [-0.4, -0.2) is 53.7 Å². The van der Waals surface area contributed by atoms with Gasteiger partial charge in [0.15, 0.2) is 5.82 Å². The van der Waals surface area contributed by atoms with Crippen molar-refractivity contribution >= 4 is 5.82 Å². The Bertz CT molecular complexity index is 641. The fourth-order valence-electron chi connectivity index (χ4n) is 2.99. The molecule has 0 aliphatic carbocycles. The van der Waals surface area contributed by atoms with E-state index in [0.717, 1.165) is 31.7 Å². The lowest BCUT2D eigenvalue weighted by molar-refractivity contribution is 0.106. The quantitative estimate of drug-likeness (QED) is 0.757. The summed E-state index contributed by atoms with van der Waals surface area (Å²) in [5.41, 5.74) is 0. The van der Waals surface area contributed by atoms with Crippen molar-refractivity contribution in [3.8, 4) is 5.75 Å². The smallest absolute Gasteiger partial charge is 0.151 e. The van der Waals surface area contributed by atoms with Gasteiger partial charge >= 0.3 is 0 Å². The van der Waals surface area contributed by atoms with Crippen LogP contribution in [0.1, 0.15) is 12.8 Å². The monoisotopic (exact) mass is 346 g/mol. The van der Waals surface area contributed by atoms with Crippen LogP contribution < -0.4 is 15.0 Å². The number of halogens is 1. The molecule has 0 saturated carbocycles. The molecular formula is C18H23FN4O2. The van der Waals surface area contributed by atoms with Crippen LogP contribution in [0.15, 0.2) is 42.6 Å². The molecule has 134 valence electrons. The number of hydrogen-bond donors (Lipinski definition) is 2. The van der Waals surface area contributed by atoms with Crippen LogP contribution in [0.25, 0.3) is 0 Å². The van der Waals surface area contributed by atoms with Crippen LogP contribution in [0.5, 0.6) is 5.75 Å². The van der Waals surface area contributed by atoms with Gasteiger partial charge in [-0.25, -0.2) is 4.39 Å². The van der Waals surface area contributed by atoms with Crippen molar-refractivity contribution in [1.29, 1.82) is 0 Å². The van der Waals surface area contributed by atoms with Crippen molar-refractivity contribution in [3.05, 3.63) is 48.4 Å². The molecule has 1 saturated heterocycles. The Morgan fingerprint density at radius 2 is 2.16 bits per heavy atom. The van der Waals surface area contributed by atoms with E-state index in [4.69, 9.17) is 4.74 Å². The average Bonchev–Trinajstić information content (AvgIpc) is 3.10. The first-order valence-corrected chi connectivity index (χ1v) is 8.54. The van der Waals surface area contributed by atoms with Gasteiger partial charge in [0.05, 0.1) is 0 Å². The zero-order chi connectivity index (χ0) is 17.5. The van der Waals surface area contributed by atoms with Gasteiger partial charge in [0.25, 0.3) is 0 Å². The minimum Gasteiger partial charge on any atom is -0.491 e. The molecule has 2 heterocycles. The summed E-state index contributed by atoms with van der Waals surface area (Å²) in [6.07, 6.45) is 3.26. The highest BCUT2D eigenvalue weighted by molar-refractivity contribution is 5.39. The van der Waals surface area contributed by atoms with Crippen molar-refractivity contribution in [2.45, 2.75) is 25.0 Å². The molecular weight excluding hydrogens is 323 g/mol. The molecule has 2 atom stereocenters. The van der Waals surface area contributed by atoms with E-state index in [1.54, 1.807) is 18.3 Å². The predicted molar refractivity (Wildman–Crippen MR) is 93.2 cm³/mol. The minimum absolute atomic E-state index is 0.164. The lowest BCUT2D eigenvalue weighted by atomic mass is 10.2. The highest BCUT2D eigenvalue weighted by Crippen LogP contribution is 2.22. The molecule has 1 aromatic carbocycles. The molecule has 7 heteroatoms. The second-order valence-corrected chi connectivity index (χ2v) is 6.15. The lowest BCUT2D eigenvalue weighted by Gasteiger charge is -2.26. The SMILES string of the molecule is OC(CNCC1CCCN1c1cccnn1)COc1ccc(F)cc1. The molecule has 3 rings (SSSR count). The molecule has 0 bridgehead atoms. The normalized spacial score (nSPS) is 18.3. The summed E-state index contributed by atoms with van der Waals surface area (Å²) in [6, 6.07) is 9.97. The molecule has 6 nitrogen and oxygen atoms in total. The molecule has 2 aromatic rings. The highest BCUT2D eigenvalue weighted by Gasteiger charge is 2.25. The number of benzene rings is 1. The summed E-state index contributed by atoms with van der Waals surface area (Å²) >= 11 is 0. The summed E-state index contributed by atoms with van der Waals surface area (Å²) < 4.78 is 18.3. The first kappa shape index (κ1) is 17.6. The molecule has 0 spiro atoms. The Hall–Kier alpha value is -2.25. The Kier molecular flexibility index (Phi) is 6.14. The summed E-state index contributed by atoms with van der Waals surface area (Å²) in [5, 5.41) is 21.4. The number of aromatic nitrogens is 2. The summed E-state index contributed by atoms with van der Waals surface area (Å²) in [4.78, 5) is 2.25. The van der Waals surface area contributed by atoms with Crippen molar-refractivity contribution in [3.63, 3.8) is 0 Å². The number of hydrogen-bond acceptors (Lipinski definition) is 6. The molecule has 2 unspecified atom stereocenters. The van der Waals surface area contributed by atoms with Gasteiger partial charge in [-0.15, -0.1) is 5.10 Å². The topological polar surface area (TPSA) is 70.5 Å². The van der Waals surface area contributed by atoms with Gasteiger partial charge in [0.2, 0.25) is 0 Å². The van der Waals surface area contributed by atoms with E-state index in [1.807, 2.05) is 12.1 Å². The zero-order valence-corrected chi connectivity index (χ0v) is 14.0. The molecule has 1 aliphatic heterocycles. The standard InChI is InChI=1S/C18H23FN4O2/c19-14-5-7-17(8-6-14)25-13-16(24)12-20-11-15-3-2-10-23(15)18-4-1-9-21-22-18/h1,4-9,15-16,20,24H,2-3,10-13H2. The maximum absolute atomic E-state index is 12.8. The van der Waals surface area contributed by atoms with E-state index in [0.29, 0.717) is 18.3 Å². The molecule has 1 fully saturated rings. The molecule has 0 radical (unpaired) electrons. The Labute approximate surface area is 146 Å². The predicted octanol–water partition coefficient (Wildman–Crippen LogP) is 1.61. The van der Waals surface area contributed by atoms with E-state index in [9.17, 15) is 9.50 Å². The number of nitrogens with zero attached hydrogens (tertiary/aromatic N) is 3. The van der Waals surface area contributed by atoms with Gasteiger partial charge in [-0.2, -0.15) is 5.10 Å². The van der Waals surface area contributed by atoms with Crippen LogP contribution in [0.4, 0.5) is 10.2 Å². The van der Waals surface area contributed by atoms with Crippen LogP contribution in [0.3, 0.4) is 0 Å². The second kappa shape index (κ2) is 8.73. The first-order valence-electron chi connectivity index (χ1n) is 8.54. The molecule has 0 amide bonds. The Morgan fingerprint density at radius 3 is 2.92 bits per heavy atom. The van der Waals surface area contributed by atoms with Crippen molar-refractivity contribution < 1.29 is 14.2 Å². The molecule has 1 aliphatic rings. The molecule has 1 aromatic heterocycles. The van der Waals surface area contributed by atoms with E-state index < -0.39 is 6.10 Å². The van der Waals surface area contributed by atoms with E-state index in [-0.39, 0.29) is 12.4 Å². The van der Waals surface area contributed by atoms with Crippen LogP contribution >= 0.6 is 0 Å². The third kappa shape index (κ3) is 5.11. The van der Waals surface area contributed by atoms with Gasteiger partial charge in [-0.1, -0.05) is 0 Å². The van der Waals surface area contributed by atoms with Crippen molar-refractivity contribution in [1.82, 2.24) is 15.5 Å². The third-order valence-electron chi connectivity index (χ3n) is 4.25. The van der Waals surface area contributed by atoms with Crippen LogP contribution in [0.2, 0.25) is 0 Å². The molecule has 25 heavy (non-hydrogen) atoms. The number of rotatable bonds is 8. The maximum atomic E-state index is 12.8. The number of aliphatic hydroxyl groups is 1. The largest absolute Gasteiger partial charge is 0.491 e. The zero-order valence-electron chi connectivity index (χ0n) is 14.0. The second-order valence-electron chi connectivity index (χ2n) is 6.15. The summed E-state index contributed by atoms with van der Waals surface area (Å²) in [5.74, 6) is 1.14. The number of nitrogens with one attached hydrogen (secondary N) is 1.